The van der Waals surface area contributed by atoms with Gasteiger partial charge >= 0.3 is 6.18 Å². The molecule has 0 aliphatic rings. The van der Waals surface area contributed by atoms with Crippen LogP contribution in [0.5, 0.6) is 0 Å². The number of carbonyl (C=O) groups is 1. The predicted octanol–water partition coefficient (Wildman–Crippen LogP) is 0.457. The van der Waals surface area contributed by atoms with Crippen LogP contribution in [-0.4, -0.2) is 22.2 Å². The van der Waals surface area contributed by atoms with Gasteiger partial charge in [-0.3, -0.25) is 4.79 Å². The van der Waals surface area contributed by atoms with Crippen LogP contribution in [0.2, 0.25) is 0 Å². The van der Waals surface area contributed by atoms with Crippen molar-refractivity contribution in [3.05, 3.63) is 34.9 Å². The lowest BCUT2D eigenvalue weighted by Gasteiger charge is -2.17. The van der Waals surface area contributed by atoms with Gasteiger partial charge in [-0.15, -0.1) is 0 Å². The fraction of sp³-hybridized carbons (Fsp3) is 0.273. The lowest BCUT2D eigenvalue weighted by atomic mass is 9.98. The molecule has 1 amide bonds. The van der Waals surface area contributed by atoms with Crippen LogP contribution in [0, 0.1) is 11.3 Å². The van der Waals surface area contributed by atoms with Gasteiger partial charge in [0, 0.05) is 0 Å². The van der Waals surface area contributed by atoms with E-state index in [2.05, 4.69) is 0 Å². The Bertz CT molecular complexity index is 537. The summed E-state index contributed by atoms with van der Waals surface area (Å²) < 4.78 is 38.0. The molecule has 1 aromatic carbocycles. The maximum Gasteiger partial charge on any atom is 0.417 e. The Morgan fingerprint density at radius 3 is 2.37 bits per heavy atom. The number of rotatable bonds is 3. The van der Waals surface area contributed by atoms with Crippen molar-refractivity contribution in [2.45, 2.75) is 18.4 Å². The van der Waals surface area contributed by atoms with Crippen LogP contribution in [-0.2, 0) is 11.0 Å². The van der Waals surface area contributed by atoms with E-state index in [0.717, 1.165) is 12.1 Å². The predicted molar refractivity (Wildman–Crippen MR) is 56.3 cm³/mol. The van der Waals surface area contributed by atoms with Crippen LogP contribution in [0.1, 0.15) is 22.8 Å². The molecule has 2 atom stereocenters. The number of nitriles is 1. The summed E-state index contributed by atoms with van der Waals surface area (Å²) in [4.78, 5) is 10.7. The first-order valence-electron chi connectivity index (χ1n) is 4.95. The molecule has 2 unspecified atom stereocenters. The van der Waals surface area contributed by atoms with E-state index in [0.29, 0.717) is 6.07 Å². The molecule has 0 aliphatic carbocycles. The van der Waals surface area contributed by atoms with Crippen LogP contribution >= 0.6 is 0 Å². The third-order valence-corrected chi connectivity index (χ3v) is 2.40. The fourth-order valence-corrected chi connectivity index (χ4v) is 1.42. The number of amides is 1. The molecule has 0 saturated heterocycles. The van der Waals surface area contributed by atoms with Crippen molar-refractivity contribution in [3.8, 4) is 6.07 Å². The summed E-state index contributed by atoms with van der Waals surface area (Å²) in [5, 5.41) is 27.3. The number of carbonyl (C=O) groups excluding carboxylic acids is 1. The van der Waals surface area contributed by atoms with Gasteiger partial charge in [0.05, 0.1) is 17.2 Å². The smallest absolute Gasteiger partial charge is 0.385 e. The van der Waals surface area contributed by atoms with Gasteiger partial charge in [0.25, 0.3) is 0 Å². The molecule has 8 heteroatoms. The van der Waals surface area contributed by atoms with E-state index in [4.69, 9.17) is 11.0 Å². The summed E-state index contributed by atoms with van der Waals surface area (Å²) in [5.74, 6) is -1.27. The molecule has 1 rings (SSSR count). The van der Waals surface area contributed by atoms with Gasteiger partial charge in [0.2, 0.25) is 5.91 Å². The van der Waals surface area contributed by atoms with E-state index < -0.39 is 35.4 Å². The average molecular weight is 274 g/mol. The molecular formula is C11H9F3N2O3. The van der Waals surface area contributed by atoms with Crippen LogP contribution in [0.25, 0.3) is 0 Å². The van der Waals surface area contributed by atoms with Crippen molar-refractivity contribution in [2.24, 2.45) is 5.73 Å². The molecule has 4 N–H and O–H groups in total. The molecule has 0 heterocycles. The number of primary amides is 1. The summed E-state index contributed by atoms with van der Waals surface area (Å²) in [6.45, 7) is 0. The minimum atomic E-state index is -4.79. The highest BCUT2D eigenvalue weighted by Gasteiger charge is 2.35. The molecule has 19 heavy (non-hydrogen) atoms. The molecule has 5 nitrogen and oxygen atoms in total. The number of nitrogens with zero attached hydrogens (tertiary/aromatic N) is 1. The summed E-state index contributed by atoms with van der Waals surface area (Å²) in [5.41, 5.74) is 2.48. The molecule has 0 saturated carbocycles. The third-order valence-electron chi connectivity index (χ3n) is 2.40. The van der Waals surface area contributed by atoms with Gasteiger partial charge in [-0.25, -0.2) is 0 Å². The maximum absolute atomic E-state index is 12.7. The molecule has 0 radical (unpaired) electrons. The Morgan fingerprint density at radius 1 is 1.37 bits per heavy atom. The number of halogens is 3. The number of aliphatic hydroxyl groups excluding tert-OH is 2. The number of aliphatic hydroxyl groups is 2. The van der Waals surface area contributed by atoms with Gasteiger partial charge in [0.15, 0.2) is 6.10 Å². The van der Waals surface area contributed by atoms with Gasteiger partial charge in [-0.1, -0.05) is 6.07 Å². The highest BCUT2D eigenvalue weighted by atomic mass is 19.4. The lowest BCUT2D eigenvalue weighted by molar-refractivity contribution is -0.137. The maximum atomic E-state index is 12.7. The van der Waals surface area contributed by atoms with E-state index in [-0.39, 0.29) is 5.56 Å². The number of benzene rings is 1. The molecule has 0 aliphatic heterocycles. The summed E-state index contributed by atoms with van der Waals surface area (Å²) in [6, 6.07) is 3.71. The molecule has 0 spiro atoms. The molecular weight excluding hydrogens is 265 g/mol. The van der Waals surface area contributed by atoms with Gasteiger partial charge in [0.1, 0.15) is 6.10 Å². The molecule has 1 aromatic rings. The van der Waals surface area contributed by atoms with Crippen molar-refractivity contribution in [2.75, 3.05) is 0 Å². The van der Waals surface area contributed by atoms with E-state index in [9.17, 15) is 28.2 Å². The largest absolute Gasteiger partial charge is 0.417 e. The van der Waals surface area contributed by atoms with Gasteiger partial charge in [-0.2, -0.15) is 18.4 Å². The normalized spacial score (nSPS) is 14.5. The van der Waals surface area contributed by atoms with Crippen LogP contribution < -0.4 is 5.73 Å². The number of hydrogen-bond acceptors (Lipinski definition) is 4. The minimum absolute atomic E-state index is 0.363. The lowest BCUT2D eigenvalue weighted by Crippen LogP contribution is -2.34. The van der Waals surface area contributed by atoms with E-state index >= 15 is 0 Å². The standard InChI is InChI=1S/C11H9F3N2O3/c12-11(13,14)7-3-5(1-2-6(7)4-15)8(17)9(18)10(16)19/h1-3,8-9,17-18H,(H2,16,19). The molecule has 0 bridgehead atoms. The van der Waals surface area contributed by atoms with Crippen molar-refractivity contribution >= 4 is 5.91 Å². The number of hydrogen-bond donors (Lipinski definition) is 3. The molecule has 0 fully saturated rings. The van der Waals surface area contributed by atoms with E-state index in [1.54, 1.807) is 0 Å². The first-order valence-corrected chi connectivity index (χ1v) is 4.95. The van der Waals surface area contributed by atoms with Gasteiger partial charge in [-0.05, 0) is 17.7 Å². The highest BCUT2D eigenvalue weighted by Crippen LogP contribution is 2.33. The second kappa shape index (κ2) is 5.26. The Hall–Kier alpha value is -2.11. The Balaban J connectivity index is 3.27. The van der Waals surface area contributed by atoms with Crippen LogP contribution in [0.3, 0.4) is 0 Å². The topological polar surface area (TPSA) is 107 Å². The van der Waals surface area contributed by atoms with Crippen molar-refractivity contribution in [1.82, 2.24) is 0 Å². The Morgan fingerprint density at radius 2 is 1.95 bits per heavy atom. The minimum Gasteiger partial charge on any atom is -0.385 e. The zero-order valence-electron chi connectivity index (χ0n) is 9.35. The number of nitrogens with two attached hydrogens (primary N) is 1. The second-order valence-corrected chi connectivity index (χ2v) is 3.71. The van der Waals surface area contributed by atoms with Crippen molar-refractivity contribution in [1.29, 1.82) is 5.26 Å². The van der Waals surface area contributed by atoms with E-state index in [1.807, 2.05) is 0 Å². The van der Waals surface area contributed by atoms with Crippen LogP contribution in [0.4, 0.5) is 13.2 Å². The van der Waals surface area contributed by atoms with Crippen LogP contribution in [0.15, 0.2) is 18.2 Å². The average Bonchev–Trinajstić information content (AvgIpc) is 2.35. The summed E-state index contributed by atoms with van der Waals surface area (Å²) in [7, 11) is 0. The highest BCUT2D eigenvalue weighted by molar-refractivity contribution is 5.79. The van der Waals surface area contributed by atoms with Crippen molar-refractivity contribution < 1.29 is 28.2 Å². The SMILES string of the molecule is N#Cc1ccc(C(O)C(O)C(N)=O)cc1C(F)(F)F. The Labute approximate surface area is 105 Å². The van der Waals surface area contributed by atoms with E-state index in [1.165, 1.54) is 6.07 Å². The summed E-state index contributed by atoms with van der Waals surface area (Å²) in [6.07, 6.45) is -8.72. The molecule has 102 valence electrons. The third kappa shape index (κ3) is 3.21. The zero-order chi connectivity index (χ0) is 14.8. The molecule has 0 aromatic heterocycles. The zero-order valence-corrected chi connectivity index (χ0v) is 9.35. The first kappa shape index (κ1) is 14.9. The second-order valence-electron chi connectivity index (χ2n) is 3.71. The van der Waals surface area contributed by atoms with Crippen molar-refractivity contribution in [3.63, 3.8) is 0 Å². The Kier molecular flexibility index (Phi) is 4.14. The fourth-order valence-electron chi connectivity index (χ4n) is 1.42. The quantitative estimate of drug-likeness (QED) is 0.744. The number of alkyl halides is 3. The summed E-state index contributed by atoms with van der Waals surface area (Å²) >= 11 is 0. The monoisotopic (exact) mass is 274 g/mol. The first-order chi connectivity index (χ1) is 8.68. The van der Waals surface area contributed by atoms with Gasteiger partial charge < -0.3 is 15.9 Å².